The van der Waals surface area contributed by atoms with Crippen LogP contribution in [-0.4, -0.2) is 38.0 Å². The van der Waals surface area contributed by atoms with Crippen molar-refractivity contribution in [2.75, 3.05) is 28.2 Å². The summed E-state index contributed by atoms with van der Waals surface area (Å²) < 4.78 is 0. The molecule has 0 unspecified atom stereocenters. The highest BCUT2D eigenvalue weighted by Crippen LogP contribution is 2.07. The Morgan fingerprint density at radius 2 is 1.08 bits per heavy atom. The van der Waals surface area contributed by atoms with Gasteiger partial charge < -0.3 is 9.80 Å². The molecule has 0 amide bonds. The van der Waals surface area contributed by atoms with Gasteiger partial charge in [0.2, 0.25) is 0 Å². The van der Waals surface area contributed by atoms with Crippen molar-refractivity contribution in [3.63, 3.8) is 0 Å². The highest BCUT2D eigenvalue weighted by atomic mass is 15.1. The molecule has 0 N–H and O–H groups in total. The quantitative estimate of drug-likeness (QED) is 0.553. The van der Waals surface area contributed by atoms with E-state index in [9.17, 15) is 0 Å². The summed E-state index contributed by atoms with van der Waals surface area (Å²) in [6, 6.07) is 3.95. The van der Waals surface area contributed by atoms with Gasteiger partial charge in [0.1, 0.15) is 23.5 Å². The summed E-state index contributed by atoms with van der Waals surface area (Å²) in [6.07, 6.45) is 0. The van der Waals surface area contributed by atoms with E-state index in [0.29, 0.717) is 11.4 Å². The van der Waals surface area contributed by atoms with E-state index in [1.54, 1.807) is 38.0 Å². The molecule has 0 aromatic rings. The van der Waals surface area contributed by atoms with E-state index in [1.165, 1.54) is 0 Å². The molecule has 0 aliphatic carbocycles. The lowest BCUT2D eigenvalue weighted by molar-refractivity contribution is 0.469. The first-order valence-electron chi connectivity index (χ1n) is 3.43. The van der Waals surface area contributed by atoms with Gasteiger partial charge in [-0.25, -0.2) is 0 Å². The zero-order valence-electron chi connectivity index (χ0n) is 7.79. The predicted octanol–water partition coefficient (Wildman–Crippen LogP) is 0.368. The van der Waals surface area contributed by atoms with Crippen LogP contribution in [0.2, 0.25) is 0 Å². The second-order valence-electron chi connectivity index (χ2n) is 2.71. The number of nitrogens with zero attached hydrogens (tertiary/aromatic N) is 4. The van der Waals surface area contributed by atoms with Gasteiger partial charge in [0, 0.05) is 28.2 Å². The van der Waals surface area contributed by atoms with E-state index in [0.717, 1.165) is 0 Å². The maximum absolute atomic E-state index is 8.72. The molecule has 0 bridgehead atoms. The van der Waals surface area contributed by atoms with Crippen molar-refractivity contribution in [3.8, 4) is 12.1 Å². The molecular formula is C8H12N4. The molecule has 0 radical (unpaired) electrons. The molecule has 64 valence electrons. The fraction of sp³-hybridized carbons (Fsp3) is 0.500. The lowest BCUT2D eigenvalue weighted by Crippen LogP contribution is -2.19. The molecule has 12 heavy (non-hydrogen) atoms. The zero-order chi connectivity index (χ0) is 9.72. The van der Waals surface area contributed by atoms with E-state index >= 15 is 0 Å². The molecule has 0 aliphatic rings. The van der Waals surface area contributed by atoms with Crippen LogP contribution in [0.25, 0.3) is 0 Å². The van der Waals surface area contributed by atoms with Gasteiger partial charge in [-0.05, 0) is 0 Å². The molecule has 4 heteroatoms. The van der Waals surface area contributed by atoms with E-state index in [2.05, 4.69) is 0 Å². The Hall–Kier alpha value is -1.68. The second-order valence-corrected chi connectivity index (χ2v) is 2.71. The van der Waals surface area contributed by atoms with E-state index in [1.807, 2.05) is 12.1 Å². The van der Waals surface area contributed by atoms with Crippen molar-refractivity contribution in [3.05, 3.63) is 11.4 Å². The average molecular weight is 164 g/mol. The first-order chi connectivity index (χ1) is 5.54. The van der Waals surface area contributed by atoms with Gasteiger partial charge in [-0.15, -0.1) is 0 Å². The van der Waals surface area contributed by atoms with Crippen LogP contribution in [0.15, 0.2) is 11.4 Å². The zero-order valence-corrected chi connectivity index (χ0v) is 7.79. The Bertz CT molecular complexity index is 234. The molecule has 0 fully saturated rings. The summed E-state index contributed by atoms with van der Waals surface area (Å²) in [5.74, 6) is 0. The maximum Gasteiger partial charge on any atom is 0.150 e. The number of hydrogen-bond donors (Lipinski definition) is 0. The average Bonchev–Trinajstić information content (AvgIpc) is 1.98. The third kappa shape index (κ3) is 2.17. The van der Waals surface area contributed by atoms with E-state index < -0.39 is 0 Å². The molecular weight excluding hydrogens is 152 g/mol. The van der Waals surface area contributed by atoms with Crippen LogP contribution in [0.4, 0.5) is 0 Å². The highest BCUT2D eigenvalue weighted by Gasteiger charge is 2.09. The normalized spacial score (nSPS) is 10.8. The lowest BCUT2D eigenvalue weighted by atomic mass is 10.3. The first-order valence-corrected chi connectivity index (χ1v) is 3.43. The van der Waals surface area contributed by atoms with Crippen LogP contribution in [0.1, 0.15) is 0 Å². The SMILES string of the molecule is CN(C)/C(C#N)=C(\C#N)N(C)C. The number of allylic oxidation sites excluding steroid dienone is 2. The van der Waals surface area contributed by atoms with Gasteiger partial charge in [-0.2, -0.15) is 10.5 Å². The molecule has 0 saturated heterocycles. The summed E-state index contributed by atoms with van der Waals surface area (Å²) in [5, 5.41) is 17.4. The molecule has 0 atom stereocenters. The highest BCUT2D eigenvalue weighted by molar-refractivity contribution is 5.33. The van der Waals surface area contributed by atoms with Gasteiger partial charge >= 0.3 is 0 Å². The van der Waals surface area contributed by atoms with Crippen LogP contribution in [-0.2, 0) is 0 Å². The van der Waals surface area contributed by atoms with Crippen LogP contribution < -0.4 is 0 Å². The third-order valence-corrected chi connectivity index (χ3v) is 1.33. The number of hydrogen-bond acceptors (Lipinski definition) is 4. The standard InChI is InChI=1S/C8H12N4/c1-11(2)7(5-9)8(6-10)12(3)4/h1-4H3/b8-7+. The lowest BCUT2D eigenvalue weighted by Gasteiger charge is -2.17. The molecule has 0 aromatic carbocycles. The molecule has 0 aliphatic heterocycles. The van der Waals surface area contributed by atoms with Crippen molar-refractivity contribution in [2.45, 2.75) is 0 Å². The van der Waals surface area contributed by atoms with Crippen LogP contribution >= 0.6 is 0 Å². The van der Waals surface area contributed by atoms with Gasteiger partial charge in [0.25, 0.3) is 0 Å². The van der Waals surface area contributed by atoms with Crippen molar-refractivity contribution >= 4 is 0 Å². The summed E-state index contributed by atoms with van der Waals surface area (Å²) in [4.78, 5) is 3.25. The summed E-state index contributed by atoms with van der Waals surface area (Å²) >= 11 is 0. The third-order valence-electron chi connectivity index (χ3n) is 1.33. The summed E-state index contributed by atoms with van der Waals surface area (Å²) in [7, 11) is 6.94. The van der Waals surface area contributed by atoms with Gasteiger partial charge in [0.05, 0.1) is 0 Å². The minimum absolute atomic E-state index is 0.377. The first kappa shape index (κ1) is 10.3. The summed E-state index contributed by atoms with van der Waals surface area (Å²) in [6.45, 7) is 0. The number of rotatable bonds is 2. The minimum atomic E-state index is 0.377. The van der Waals surface area contributed by atoms with Gasteiger partial charge in [-0.1, -0.05) is 0 Å². The van der Waals surface area contributed by atoms with E-state index in [-0.39, 0.29) is 0 Å². The summed E-state index contributed by atoms with van der Waals surface area (Å²) in [5.41, 5.74) is 0.755. The van der Waals surface area contributed by atoms with Crippen molar-refractivity contribution in [1.82, 2.24) is 9.80 Å². The van der Waals surface area contributed by atoms with Crippen molar-refractivity contribution in [1.29, 1.82) is 10.5 Å². The van der Waals surface area contributed by atoms with Gasteiger partial charge in [-0.3, -0.25) is 0 Å². The Labute approximate surface area is 72.9 Å². The molecule has 0 saturated carbocycles. The van der Waals surface area contributed by atoms with Crippen LogP contribution in [0.3, 0.4) is 0 Å². The molecule has 4 nitrogen and oxygen atoms in total. The van der Waals surface area contributed by atoms with Crippen molar-refractivity contribution < 1.29 is 0 Å². The smallest absolute Gasteiger partial charge is 0.150 e. The number of nitriles is 2. The topological polar surface area (TPSA) is 54.1 Å². The Morgan fingerprint density at radius 3 is 1.17 bits per heavy atom. The largest absolute Gasteiger partial charge is 0.367 e. The molecule has 0 spiro atoms. The van der Waals surface area contributed by atoms with Crippen LogP contribution in [0.5, 0.6) is 0 Å². The van der Waals surface area contributed by atoms with Gasteiger partial charge in [0.15, 0.2) is 0 Å². The maximum atomic E-state index is 8.72. The van der Waals surface area contributed by atoms with Crippen LogP contribution in [0, 0.1) is 22.7 Å². The fourth-order valence-corrected chi connectivity index (χ4v) is 0.730. The van der Waals surface area contributed by atoms with E-state index in [4.69, 9.17) is 10.5 Å². The van der Waals surface area contributed by atoms with Crippen molar-refractivity contribution in [2.24, 2.45) is 0 Å². The minimum Gasteiger partial charge on any atom is -0.367 e. The predicted molar refractivity (Wildman–Crippen MR) is 45.6 cm³/mol. The Balaban J connectivity index is 5.10. The monoisotopic (exact) mass is 164 g/mol. The molecule has 0 rings (SSSR count). The Morgan fingerprint density at radius 1 is 0.833 bits per heavy atom. The second kappa shape index (κ2) is 4.25. The Kier molecular flexibility index (Phi) is 3.66. The fourth-order valence-electron chi connectivity index (χ4n) is 0.730. The molecule has 0 heterocycles. The molecule has 0 aromatic heterocycles.